The minimum Gasteiger partial charge on any atom is -0.441 e. The van der Waals surface area contributed by atoms with E-state index >= 15 is 0 Å². The number of β-lactam (4-membered cyclic amide) rings is 1. The number of aliphatic hydroxyl groups is 1. The molecule has 5 atom stereocenters. The minimum absolute atomic E-state index is 0.0960. The fraction of sp³-hybridized carbons (Fsp3) is 0.464. The molecule has 2 saturated heterocycles. The number of hydrogen-bond donors (Lipinski definition) is 2. The molecule has 10 heteroatoms. The Labute approximate surface area is 223 Å². The number of fused-ring (bicyclic) bond motifs is 2. The van der Waals surface area contributed by atoms with E-state index in [1.54, 1.807) is 17.0 Å². The number of esters is 1. The summed E-state index contributed by atoms with van der Waals surface area (Å²) in [5, 5.41) is 9.80. The Morgan fingerprint density at radius 3 is 2.50 bits per heavy atom. The predicted molar refractivity (Wildman–Crippen MR) is 143 cm³/mol. The summed E-state index contributed by atoms with van der Waals surface area (Å²) in [5.41, 5.74) is 1.07. The summed E-state index contributed by atoms with van der Waals surface area (Å²) >= 11 is 0. The first-order valence-electron chi connectivity index (χ1n) is 13.0. The zero-order valence-corrected chi connectivity index (χ0v) is 23.1. The van der Waals surface area contributed by atoms with Crippen molar-refractivity contribution in [2.24, 2.45) is 5.92 Å². The van der Waals surface area contributed by atoms with E-state index in [9.17, 15) is 24.3 Å². The molecule has 5 rings (SSSR count). The second-order valence-electron chi connectivity index (χ2n) is 11.0. The van der Waals surface area contributed by atoms with Crippen LogP contribution in [0.1, 0.15) is 37.8 Å². The van der Waals surface area contributed by atoms with Crippen molar-refractivity contribution in [1.29, 1.82) is 0 Å². The first-order chi connectivity index (χ1) is 18.0. The zero-order chi connectivity index (χ0) is 27.4. The van der Waals surface area contributed by atoms with Gasteiger partial charge in [-0.3, -0.25) is 19.3 Å². The third-order valence-corrected chi connectivity index (χ3v) is 10.6. The molecular formula is C28H34N2O7Si. The Kier molecular flexibility index (Phi) is 6.71. The highest BCUT2D eigenvalue weighted by Crippen LogP contribution is 2.60. The van der Waals surface area contributed by atoms with Crippen molar-refractivity contribution in [2.75, 3.05) is 16.4 Å². The monoisotopic (exact) mass is 538 g/mol. The molecule has 0 aliphatic carbocycles. The molecule has 2 aromatic carbocycles. The summed E-state index contributed by atoms with van der Waals surface area (Å²) in [6.07, 6.45) is -0.808. The molecule has 3 aliphatic heterocycles. The SMILES string of the molecule is CC(=O)OC1CC(=O)N1c1ccc2c(c1)[C@@]1(O[C@H](CCO)[C@@H]([Si](C)(C)O)[C@@H]1C)C(=O)N2Cc1ccccc1. The van der Waals surface area contributed by atoms with Crippen LogP contribution in [0.25, 0.3) is 0 Å². The summed E-state index contributed by atoms with van der Waals surface area (Å²) in [6, 6.07) is 15.0. The molecule has 3 aliphatic rings. The van der Waals surface area contributed by atoms with Crippen molar-refractivity contribution in [2.45, 2.75) is 69.8 Å². The fourth-order valence-electron chi connectivity index (χ4n) is 6.52. The Morgan fingerprint density at radius 2 is 1.89 bits per heavy atom. The molecule has 2 aromatic rings. The van der Waals surface area contributed by atoms with E-state index in [0.29, 0.717) is 29.9 Å². The molecule has 202 valence electrons. The van der Waals surface area contributed by atoms with Crippen molar-refractivity contribution < 1.29 is 33.8 Å². The van der Waals surface area contributed by atoms with E-state index in [4.69, 9.17) is 9.47 Å². The molecule has 1 unspecified atom stereocenters. The molecule has 38 heavy (non-hydrogen) atoms. The standard InChI is InChI=1S/C28H34N2O7Si/c1-17-26(38(3,4)35)23(12-13-31)37-28(17)21-14-20(30-24(33)15-25(30)36-18(2)32)10-11-22(21)29(27(28)34)16-19-8-6-5-7-9-19/h5-11,14,17,23,25-26,31,35H,12-13,15-16H2,1-4H3/t17-,23+,25?,26-,28+/m0/s1. The molecule has 0 aromatic heterocycles. The number of carbonyl (C=O) groups is 3. The Hall–Kier alpha value is -3.05. The average Bonchev–Trinajstić information content (AvgIpc) is 3.26. The minimum atomic E-state index is -2.83. The van der Waals surface area contributed by atoms with Gasteiger partial charge in [-0.25, -0.2) is 0 Å². The van der Waals surface area contributed by atoms with Crippen molar-refractivity contribution in [3.8, 4) is 0 Å². The maximum absolute atomic E-state index is 14.4. The predicted octanol–water partition coefficient (Wildman–Crippen LogP) is 3.04. The van der Waals surface area contributed by atoms with Crippen LogP contribution in [0.2, 0.25) is 18.6 Å². The molecule has 2 amide bonds. The van der Waals surface area contributed by atoms with Gasteiger partial charge < -0.3 is 24.3 Å². The van der Waals surface area contributed by atoms with Gasteiger partial charge >= 0.3 is 5.97 Å². The van der Waals surface area contributed by atoms with Crippen molar-refractivity contribution in [3.05, 3.63) is 59.7 Å². The quantitative estimate of drug-likeness (QED) is 0.316. The first kappa shape index (κ1) is 26.5. The highest BCUT2D eigenvalue weighted by molar-refractivity contribution is 6.71. The summed E-state index contributed by atoms with van der Waals surface area (Å²) in [4.78, 5) is 52.9. The number of aliphatic hydroxyl groups excluding tert-OH is 1. The molecule has 1 spiro atoms. The lowest BCUT2D eigenvalue weighted by molar-refractivity contribution is -0.153. The Morgan fingerprint density at radius 1 is 1.18 bits per heavy atom. The van der Waals surface area contributed by atoms with Crippen LogP contribution in [0.3, 0.4) is 0 Å². The van der Waals surface area contributed by atoms with Crippen LogP contribution in [0.5, 0.6) is 0 Å². The number of ether oxygens (including phenoxy) is 2. The summed E-state index contributed by atoms with van der Waals surface area (Å²) in [7, 11) is -2.83. The summed E-state index contributed by atoms with van der Waals surface area (Å²) < 4.78 is 12.0. The van der Waals surface area contributed by atoms with Crippen LogP contribution < -0.4 is 9.80 Å². The maximum Gasteiger partial charge on any atom is 0.304 e. The van der Waals surface area contributed by atoms with Gasteiger partial charge in [-0.15, -0.1) is 0 Å². The summed E-state index contributed by atoms with van der Waals surface area (Å²) in [6.45, 7) is 7.11. The Bertz CT molecular complexity index is 1260. The van der Waals surface area contributed by atoms with Crippen LogP contribution in [-0.2, 0) is 36.0 Å². The van der Waals surface area contributed by atoms with Crippen LogP contribution >= 0.6 is 0 Å². The number of benzene rings is 2. The number of amides is 2. The molecule has 3 heterocycles. The normalized spacial score (nSPS) is 28.6. The molecule has 0 radical (unpaired) electrons. The molecule has 0 bridgehead atoms. The van der Waals surface area contributed by atoms with Gasteiger partial charge in [0, 0.05) is 36.2 Å². The van der Waals surface area contributed by atoms with Crippen molar-refractivity contribution >= 4 is 37.5 Å². The summed E-state index contributed by atoms with van der Waals surface area (Å²) in [5.74, 6) is -1.27. The van der Waals surface area contributed by atoms with Gasteiger partial charge in [-0.2, -0.15) is 0 Å². The van der Waals surface area contributed by atoms with Gasteiger partial charge in [0.1, 0.15) is 0 Å². The second kappa shape index (κ2) is 9.60. The molecule has 0 saturated carbocycles. The highest BCUT2D eigenvalue weighted by atomic mass is 28.4. The van der Waals surface area contributed by atoms with Crippen molar-refractivity contribution in [1.82, 2.24) is 0 Å². The third-order valence-electron chi connectivity index (χ3n) is 8.05. The molecular weight excluding hydrogens is 504 g/mol. The van der Waals surface area contributed by atoms with Gasteiger partial charge in [0.2, 0.25) is 5.91 Å². The number of carbonyl (C=O) groups excluding carboxylic acids is 3. The van der Waals surface area contributed by atoms with E-state index in [1.807, 2.05) is 56.4 Å². The second-order valence-corrected chi connectivity index (χ2v) is 15.0. The van der Waals surface area contributed by atoms with Crippen LogP contribution in [0, 0.1) is 5.92 Å². The lowest BCUT2D eigenvalue weighted by atomic mass is 9.82. The van der Waals surface area contributed by atoms with Gasteiger partial charge in [0.15, 0.2) is 20.1 Å². The topological polar surface area (TPSA) is 117 Å². The maximum atomic E-state index is 14.4. The number of hydrogen-bond acceptors (Lipinski definition) is 7. The van der Waals surface area contributed by atoms with Crippen molar-refractivity contribution in [3.63, 3.8) is 0 Å². The largest absolute Gasteiger partial charge is 0.441 e. The van der Waals surface area contributed by atoms with E-state index in [0.717, 1.165) is 5.56 Å². The number of nitrogens with zero attached hydrogens (tertiary/aromatic N) is 2. The lowest BCUT2D eigenvalue weighted by Crippen LogP contribution is -2.55. The van der Waals surface area contributed by atoms with Crippen LogP contribution in [0.4, 0.5) is 11.4 Å². The first-order valence-corrected chi connectivity index (χ1v) is 16.0. The van der Waals surface area contributed by atoms with Gasteiger partial charge in [0.25, 0.3) is 5.91 Å². The van der Waals surface area contributed by atoms with E-state index < -0.39 is 32.2 Å². The van der Waals surface area contributed by atoms with E-state index in [2.05, 4.69) is 0 Å². The smallest absolute Gasteiger partial charge is 0.304 e. The van der Waals surface area contributed by atoms with Gasteiger partial charge in [-0.1, -0.05) is 37.3 Å². The fourth-order valence-corrected chi connectivity index (χ4v) is 9.12. The highest BCUT2D eigenvalue weighted by Gasteiger charge is 2.66. The van der Waals surface area contributed by atoms with Gasteiger partial charge in [0.05, 0.1) is 24.8 Å². The molecule has 9 nitrogen and oxygen atoms in total. The van der Waals surface area contributed by atoms with E-state index in [1.165, 1.54) is 11.8 Å². The van der Waals surface area contributed by atoms with E-state index in [-0.39, 0.29) is 36.3 Å². The van der Waals surface area contributed by atoms with Crippen LogP contribution in [0.15, 0.2) is 48.5 Å². The number of rotatable bonds is 7. The number of anilines is 2. The zero-order valence-electron chi connectivity index (χ0n) is 22.1. The Balaban J connectivity index is 1.63. The molecule has 2 fully saturated rings. The van der Waals surface area contributed by atoms with Gasteiger partial charge in [-0.05, 0) is 43.3 Å². The lowest BCUT2D eigenvalue weighted by Gasteiger charge is -2.39. The third kappa shape index (κ3) is 4.16. The van der Waals surface area contributed by atoms with Crippen LogP contribution in [-0.4, -0.2) is 54.9 Å². The molecule has 2 N–H and O–H groups in total. The average molecular weight is 539 g/mol.